The second-order valence-corrected chi connectivity index (χ2v) is 7.55. The van der Waals surface area contributed by atoms with E-state index >= 15 is 0 Å². The van der Waals surface area contributed by atoms with Crippen LogP contribution < -0.4 is 5.14 Å². The van der Waals surface area contributed by atoms with Gasteiger partial charge in [-0.05, 0) is 34.9 Å². The third-order valence-corrected chi connectivity index (χ3v) is 4.98. The number of hydrogen-bond acceptors (Lipinski definition) is 2. The highest BCUT2D eigenvalue weighted by atomic mass is 79.9. The fourth-order valence-electron chi connectivity index (χ4n) is 2.57. The van der Waals surface area contributed by atoms with Crippen LogP contribution in [-0.2, 0) is 10.0 Å². The fourth-order valence-corrected chi connectivity index (χ4v) is 3.75. The summed E-state index contributed by atoms with van der Waals surface area (Å²) in [5, 5.41) is 5.43. The average molecular weight is 388 g/mol. The Morgan fingerprint density at radius 1 is 0.783 bits per heavy atom. The van der Waals surface area contributed by atoms with Crippen molar-refractivity contribution in [2.45, 2.75) is 4.90 Å². The molecule has 0 radical (unpaired) electrons. The summed E-state index contributed by atoms with van der Waals surface area (Å²) in [7, 11) is -3.83. The highest BCUT2D eigenvalue weighted by Gasteiger charge is 2.19. The summed E-state index contributed by atoms with van der Waals surface area (Å²) >= 11 is 3.46. The molecule has 0 fully saturated rings. The van der Waals surface area contributed by atoms with Crippen LogP contribution in [0.15, 0.2) is 82.2 Å². The Bertz CT molecular complexity index is 954. The largest absolute Gasteiger partial charge is 0.238 e. The van der Waals surface area contributed by atoms with Crippen LogP contribution in [-0.4, -0.2) is 8.42 Å². The molecule has 116 valence electrons. The molecule has 0 unspecified atom stereocenters. The molecule has 0 aliphatic carbocycles. The molecule has 2 N–H and O–H groups in total. The maximum Gasteiger partial charge on any atom is 0.238 e. The normalized spacial score (nSPS) is 11.4. The summed E-state index contributed by atoms with van der Waals surface area (Å²) in [5.41, 5.74) is 3.17. The lowest BCUT2D eigenvalue weighted by molar-refractivity contribution is 0.598. The summed E-state index contributed by atoms with van der Waals surface area (Å²) in [6.07, 6.45) is 0. The van der Waals surface area contributed by atoms with Crippen LogP contribution in [0.1, 0.15) is 0 Å². The predicted molar refractivity (Wildman–Crippen MR) is 96.4 cm³/mol. The summed E-state index contributed by atoms with van der Waals surface area (Å²) in [6.45, 7) is 0. The maximum atomic E-state index is 12.0. The highest BCUT2D eigenvalue weighted by molar-refractivity contribution is 9.10. The van der Waals surface area contributed by atoms with E-state index in [2.05, 4.69) is 15.9 Å². The first kappa shape index (κ1) is 15.9. The maximum absolute atomic E-state index is 12.0. The molecule has 0 bridgehead atoms. The van der Waals surface area contributed by atoms with Crippen LogP contribution in [0.4, 0.5) is 0 Å². The number of benzene rings is 3. The van der Waals surface area contributed by atoms with Crippen LogP contribution in [0.3, 0.4) is 0 Å². The lowest BCUT2D eigenvalue weighted by atomic mass is 9.94. The molecule has 0 aliphatic heterocycles. The molecule has 0 saturated heterocycles. The van der Waals surface area contributed by atoms with E-state index in [0.717, 1.165) is 21.2 Å². The van der Waals surface area contributed by atoms with Crippen LogP contribution in [0.5, 0.6) is 0 Å². The smallest absolute Gasteiger partial charge is 0.225 e. The number of halogens is 1. The van der Waals surface area contributed by atoms with Crippen LogP contribution >= 0.6 is 15.9 Å². The number of rotatable bonds is 3. The first-order valence-electron chi connectivity index (χ1n) is 6.94. The molecule has 3 nitrogen and oxygen atoms in total. The van der Waals surface area contributed by atoms with E-state index in [0.29, 0.717) is 5.56 Å². The number of nitrogens with two attached hydrogens (primary N) is 1. The van der Waals surface area contributed by atoms with Gasteiger partial charge in [0.05, 0.1) is 4.90 Å². The van der Waals surface area contributed by atoms with Crippen molar-refractivity contribution in [1.82, 2.24) is 0 Å². The molecule has 0 amide bonds. The van der Waals surface area contributed by atoms with Crippen LogP contribution in [0.25, 0.3) is 22.3 Å². The van der Waals surface area contributed by atoms with Gasteiger partial charge in [0.15, 0.2) is 0 Å². The second kappa shape index (κ2) is 6.28. The van der Waals surface area contributed by atoms with Gasteiger partial charge in [-0.1, -0.05) is 70.5 Å². The first-order valence-corrected chi connectivity index (χ1v) is 9.28. The molecule has 0 saturated carbocycles. The van der Waals surface area contributed by atoms with Gasteiger partial charge in [-0.15, -0.1) is 0 Å². The average Bonchev–Trinajstić information content (AvgIpc) is 2.54. The monoisotopic (exact) mass is 387 g/mol. The van der Waals surface area contributed by atoms with E-state index in [1.807, 2.05) is 60.7 Å². The number of primary sulfonamides is 1. The number of sulfonamides is 1. The molecular formula is C18H14BrNO2S. The molecular weight excluding hydrogens is 374 g/mol. The molecule has 0 heterocycles. The van der Waals surface area contributed by atoms with Crippen molar-refractivity contribution in [3.63, 3.8) is 0 Å². The molecule has 0 atom stereocenters. The fraction of sp³-hybridized carbons (Fsp3) is 0. The van der Waals surface area contributed by atoms with Gasteiger partial charge in [0.1, 0.15) is 0 Å². The van der Waals surface area contributed by atoms with Crippen LogP contribution in [0.2, 0.25) is 0 Å². The zero-order valence-corrected chi connectivity index (χ0v) is 14.5. The van der Waals surface area contributed by atoms with Crippen molar-refractivity contribution in [3.05, 3.63) is 77.3 Å². The van der Waals surface area contributed by atoms with Gasteiger partial charge in [0.25, 0.3) is 0 Å². The van der Waals surface area contributed by atoms with Crippen LogP contribution in [0, 0.1) is 0 Å². The molecule has 0 aromatic heterocycles. The van der Waals surface area contributed by atoms with Gasteiger partial charge in [-0.25, -0.2) is 13.6 Å². The quantitative estimate of drug-likeness (QED) is 0.722. The zero-order valence-electron chi connectivity index (χ0n) is 12.1. The Hall–Kier alpha value is -1.95. The minimum atomic E-state index is -3.83. The van der Waals surface area contributed by atoms with E-state index < -0.39 is 10.0 Å². The second-order valence-electron chi connectivity index (χ2n) is 5.10. The van der Waals surface area contributed by atoms with Crippen molar-refractivity contribution >= 4 is 26.0 Å². The summed E-state index contributed by atoms with van der Waals surface area (Å²) in [5.74, 6) is 0. The van der Waals surface area contributed by atoms with E-state index in [1.165, 1.54) is 0 Å². The Balaban J connectivity index is 2.37. The van der Waals surface area contributed by atoms with Gasteiger partial charge < -0.3 is 0 Å². The Kier molecular flexibility index (Phi) is 4.35. The van der Waals surface area contributed by atoms with Crippen molar-refractivity contribution in [3.8, 4) is 22.3 Å². The summed E-state index contributed by atoms with van der Waals surface area (Å²) in [4.78, 5) is 0.126. The minimum Gasteiger partial charge on any atom is -0.225 e. The molecule has 0 spiro atoms. The topological polar surface area (TPSA) is 60.2 Å². The highest BCUT2D eigenvalue weighted by Crippen LogP contribution is 2.37. The molecule has 0 aliphatic rings. The third kappa shape index (κ3) is 3.37. The lowest BCUT2D eigenvalue weighted by Crippen LogP contribution is -2.13. The van der Waals surface area contributed by atoms with Gasteiger partial charge in [0, 0.05) is 10.0 Å². The molecule has 3 aromatic rings. The lowest BCUT2D eigenvalue weighted by Gasteiger charge is -2.14. The van der Waals surface area contributed by atoms with E-state index in [4.69, 9.17) is 5.14 Å². The van der Waals surface area contributed by atoms with E-state index in [-0.39, 0.29) is 4.90 Å². The Morgan fingerprint density at radius 2 is 1.43 bits per heavy atom. The molecule has 3 aromatic carbocycles. The van der Waals surface area contributed by atoms with Crippen molar-refractivity contribution in [2.24, 2.45) is 5.14 Å². The van der Waals surface area contributed by atoms with Crippen molar-refractivity contribution in [2.75, 3.05) is 0 Å². The van der Waals surface area contributed by atoms with Crippen molar-refractivity contribution < 1.29 is 8.42 Å². The SMILES string of the molecule is NS(=O)(=O)c1cccc(-c2cccc(Br)c2)c1-c1ccccc1. The zero-order chi connectivity index (χ0) is 16.4. The standard InChI is InChI=1S/C18H14BrNO2S/c19-15-9-4-8-14(12-15)16-10-5-11-17(23(20,21)22)18(16)13-6-2-1-3-7-13/h1-12H,(H2,20,21,22). The van der Waals surface area contributed by atoms with Gasteiger partial charge in [-0.3, -0.25) is 0 Å². The summed E-state index contributed by atoms with van der Waals surface area (Å²) in [6, 6.07) is 22.3. The van der Waals surface area contributed by atoms with Gasteiger partial charge >= 0.3 is 0 Å². The molecule has 5 heteroatoms. The predicted octanol–water partition coefficient (Wildman–Crippen LogP) is 4.43. The van der Waals surface area contributed by atoms with Gasteiger partial charge in [0.2, 0.25) is 10.0 Å². The number of hydrogen-bond donors (Lipinski definition) is 1. The summed E-state index contributed by atoms with van der Waals surface area (Å²) < 4.78 is 25.0. The Morgan fingerprint density at radius 3 is 2.09 bits per heavy atom. The third-order valence-electron chi connectivity index (χ3n) is 3.53. The first-order chi connectivity index (χ1) is 11.0. The minimum absolute atomic E-state index is 0.126. The Labute approximate surface area is 144 Å². The van der Waals surface area contributed by atoms with Crippen molar-refractivity contribution in [1.29, 1.82) is 0 Å². The van der Waals surface area contributed by atoms with E-state index in [1.54, 1.807) is 12.1 Å². The van der Waals surface area contributed by atoms with Gasteiger partial charge in [-0.2, -0.15) is 0 Å². The van der Waals surface area contributed by atoms with E-state index in [9.17, 15) is 8.42 Å². The molecule has 3 rings (SSSR count). The molecule has 23 heavy (non-hydrogen) atoms.